The second-order valence-corrected chi connectivity index (χ2v) is 8.66. The molecule has 2 aliphatic heterocycles. The van der Waals surface area contributed by atoms with E-state index in [0.717, 1.165) is 25.2 Å². The van der Waals surface area contributed by atoms with Gasteiger partial charge in [-0.25, -0.2) is 0 Å². The number of likely N-dealkylation sites (tertiary alicyclic amines) is 1. The number of carbonyl (C=O) groups excluding carboxylic acids is 1. The fourth-order valence-electron chi connectivity index (χ4n) is 4.42. The lowest BCUT2D eigenvalue weighted by molar-refractivity contribution is -0.385. The summed E-state index contributed by atoms with van der Waals surface area (Å²) in [7, 11) is 2.11. The second kappa shape index (κ2) is 7.94. The van der Waals surface area contributed by atoms with Crippen molar-refractivity contribution in [3.63, 3.8) is 0 Å². The zero-order valence-corrected chi connectivity index (χ0v) is 18.2. The van der Waals surface area contributed by atoms with E-state index in [1.807, 2.05) is 17.0 Å². The number of anilines is 1. The summed E-state index contributed by atoms with van der Waals surface area (Å²) in [5, 5.41) is 14.5. The number of amides is 1. The van der Waals surface area contributed by atoms with Crippen LogP contribution in [0.15, 0.2) is 36.4 Å². The molecule has 2 heterocycles. The molecule has 1 amide bonds. The lowest BCUT2D eigenvalue weighted by Crippen LogP contribution is -2.51. The smallest absolute Gasteiger partial charge is 0.283 e. The molecule has 0 saturated carbocycles. The van der Waals surface area contributed by atoms with Gasteiger partial charge in [-0.2, -0.15) is 0 Å². The number of rotatable bonds is 2. The normalized spacial score (nSPS) is 20.4. The fourth-order valence-corrected chi connectivity index (χ4v) is 4.91. The van der Waals surface area contributed by atoms with Crippen LogP contribution in [0.2, 0.25) is 5.02 Å². The number of fused-ring (bicyclic) bond motifs is 3. The van der Waals surface area contributed by atoms with Crippen LogP contribution in [0.1, 0.15) is 33.8 Å². The van der Waals surface area contributed by atoms with Crippen LogP contribution in [-0.4, -0.2) is 47.0 Å². The Bertz CT molecular complexity index is 1060. The highest BCUT2D eigenvalue weighted by atomic mass is 35.5. The molecule has 9 heteroatoms. The highest BCUT2D eigenvalue weighted by molar-refractivity contribution is 7.80. The summed E-state index contributed by atoms with van der Waals surface area (Å²) in [6.45, 7) is 3.91. The molecular formula is C21H21ClN4O3S. The first kappa shape index (κ1) is 20.7. The van der Waals surface area contributed by atoms with Crippen molar-refractivity contribution in [1.82, 2.24) is 10.2 Å². The third-order valence-corrected chi connectivity index (χ3v) is 6.33. The molecule has 1 saturated heterocycles. The number of thiocarbonyl (C=S) groups is 1. The van der Waals surface area contributed by atoms with E-state index in [0.29, 0.717) is 5.92 Å². The number of nitro groups is 1. The summed E-state index contributed by atoms with van der Waals surface area (Å²) >= 11 is 11.5. The Labute approximate surface area is 184 Å². The van der Waals surface area contributed by atoms with E-state index in [4.69, 9.17) is 23.8 Å². The van der Waals surface area contributed by atoms with Gasteiger partial charge < -0.3 is 9.80 Å². The van der Waals surface area contributed by atoms with Crippen molar-refractivity contribution in [1.29, 1.82) is 0 Å². The van der Waals surface area contributed by atoms with Gasteiger partial charge in [0.1, 0.15) is 5.56 Å². The summed E-state index contributed by atoms with van der Waals surface area (Å²) in [6.07, 6.45) is 0.909. The Balaban J connectivity index is 1.64. The minimum atomic E-state index is -0.620. The van der Waals surface area contributed by atoms with Crippen LogP contribution in [0.4, 0.5) is 11.4 Å². The number of aryl methyl sites for hydroxylation is 1. The maximum atomic E-state index is 12.8. The number of hydrogen-bond acceptors (Lipinski definition) is 5. The van der Waals surface area contributed by atoms with Crippen molar-refractivity contribution in [2.75, 3.05) is 25.0 Å². The third-order valence-electron chi connectivity index (χ3n) is 5.79. The number of nitrogens with zero attached hydrogens (tertiary/aromatic N) is 3. The Morgan fingerprint density at radius 2 is 2.07 bits per heavy atom. The van der Waals surface area contributed by atoms with Crippen LogP contribution in [-0.2, 0) is 0 Å². The van der Waals surface area contributed by atoms with Crippen molar-refractivity contribution < 1.29 is 9.72 Å². The van der Waals surface area contributed by atoms with Gasteiger partial charge in [0.25, 0.3) is 11.6 Å². The molecule has 2 atom stereocenters. The molecule has 0 unspecified atom stereocenters. The van der Waals surface area contributed by atoms with Gasteiger partial charge in [0.2, 0.25) is 0 Å². The van der Waals surface area contributed by atoms with Crippen molar-refractivity contribution in [3.05, 3.63) is 68.2 Å². The minimum absolute atomic E-state index is 0.0741. The molecule has 1 N–H and O–H groups in total. The molecule has 30 heavy (non-hydrogen) atoms. The van der Waals surface area contributed by atoms with Gasteiger partial charge in [-0.05, 0) is 62.9 Å². The number of piperidine rings is 1. The summed E-state index contributed by atoms with van der Waals surface area (Å²) in [4.78, 5) is 27.9. The fraction of sp³-hybridized carbons (Fsp3) is 0.333. The van der Waals surface area contributed by atoms with E-state index in [-0.39, 0.29) is 27.4 Å². The van der Waals surface area contributed by atoms with Crippen LogP contribution in [0.3, 0.4) is 0 Å². The molecule has 2 aliphatic rings. The number of likely N-dealkylation sites (N-methyl/N-ethyl adjacent to an activating group) is 1. The topological polar surface area (TPSA) is 78.7 Å². The van der Waals surface area contributed by atoms with Crippen molar-refractivity contribution >= 4 is 46.2 Å². The number of benzene rings is 2. The first-order valence-corrected chi connectivity index (χ1v) is 10.4. The summed E-state index contributed by atoms with van der Waals surface area (Å²) in [6, 6.07) is 10.4. The molecule has 156 valence electrons. The number of nitro benzene ring substituents is 1. The summed E-state index contributed by atoms with van der Waals surface area (Å²) < 4.78 is 0. The molecule has 4 rings (SSSR count). The molecule has 0 spiro atoms. The lowest BCUT2D eigenvalue weighted by Gasteiger charge is -2.37. The van der Waals surface area contributed by atoms with E-state index in [2.05, 4.69) is 30.3 Å². The zero-order valence-electron chi connectivity index (χ0n) is 16.6. The average molecular weight is 445 g/mol. The monoisotopic (exact) mass is 444 g/mol. The second-order valence-electron chi connectivity index (χ2n) is 7.83. The highest BCUT2D eigenvalue weighted by Gasteiger charge is 2.43. The minimum Gasteiger partial charge on any atom is -0.315 e. The van der Waals surface area contributed by atoms with Crippen LogP contribution in [0.25, 0.3) is 0 Å². The van der Waals surface area contributed by atoms with Gasteiger partial charge in [0.05, 0.1) is 4.92 Å². The summed E-state index contributed by atoms with van der Waals surface area (Å²) in [5.74, 6) is -0.327. The molecule has 7 nitrogen and oxygen atoms in total. The van der Waals surface area contributed by atoms with Crippen molar-refractivity contribution in [3.8, 4) is 0 Å². The SMILES string of the molecule is Cc1ccc2c(c1)[C@@H]1CN(C)CC[C@H]1N2C(=S)NC(=O)c1ccc(Cl)cc1[N+](=O)[O-]. The van der Waals surface area contributed by atoms with E-state index >= 15 is 0 Å². The molecule has 2 aromatic carbocycles. The van der Waals surface area contributed by atoms with Gasteiger partial charge in [0.15, 0.2) is 5.11 Å². The average Bonchev–Trinajstić information content (AvgIpc) is 3.00. The predicted molar refractivity (Wildman–Crippen MR) is 120 cm³/mol. The van der Waals surface area contributed by atoms with Crippen LogP contribution >= 0.6 is 23.8 Å². The lowest BCUT2D eigenvalue weighted by atomic mass is 9.89. The van der Waals surface area contributed by atoms with E-state index in [1.165, 1.54) is 29.3 Å². The Kier molecular flexibility index (Phi) is 5.48. The summed E-state index contributed by atoms with van der Waals surface area (Å²) in [5.41, 5.74) is 2.96. The highest BCUT2D eigenvalue weighted by Crippen LogP contribution is 2.45. The number of nitrogens with one attached hydrogen (secondary N) is 1. The van der Waals surface area contributed by atoms with Gasteiger partial charge in [-0.3, -0.25) is 20.2 Å². The number of halogens is 1. The van der Waals surface area contributed by atoms with E-state index < -0.39 is 10.8 Å². The molecule has 0 radical (unpaired) electrons. The van der Waals surface area contributed by atoms with Crippen molar-refractivity contribution in [2.45, 2.75) is 25.3 Å². The predicted octanol–water partition coefficient (Wildman–Crippen LogP) is 3.88. The molecule has 0 aliphatic carbocycles. The maximum Gasteiger partial charge on any atom is 0.283 e. The van der Waals surface area contributed by atoms with E-state index in [1.54, 1.807) is 0 Å². The molecule has 2 aromatic rings. The van der Waals surface area contributed by atoms with Gasteiger partial charge in [-0.1, -0.05) is 29.3 Å². The molecule has 0 bridgehead atoms. The third kappa shape index (κ3) is 3.66. The Morgan fingerprint density at radius 3 is 2.80 bits per heavy atom. The van der Waals surface area contributed by atoms with Crippen LogP contribution in [0.5, 0.6) is 0 Å². The van der Waals surface area contributed by atoms with Gasteiger partial charge >= 0.3 is 0 Å². The molecular weight excluding hydrogens is 424 g/mol. The quantitative estimate of drug-likeness (QED) is 0.430. The largest absolute Gasteiger partial charge is 0.315 e. The zero-order chi connectivity index (χ0) is 21.6. The Hall–Kier alpha value is -2.55. The van der Waals surface area contributed by atoms with Crippen LogP contribution < -0.4 is 10.2 Å². The van der Waals surface area contributed by atoms with E-state index in [9.17, 15) is 14.9 Å². The Morgan fingerprint density at radius 1 is 1.30 bits per heavy atom. The van der Waals surface area contributed by atoms with Gasteiger partial charge in [0, 0.05) is 35.3 Å². The van der Waals surface area contributed by atoms with Crippen molar-refractivity contribution in [2.24, 2.45) is 0 Å². The first-order chi connectivity index (χ1) is 14.3. The first-order valence-electron chi connectivity index (χ1n) is 9.64. The number of hydrogen-bond donors (Lipinski definition) is 1. The molecule has 0 aromatic heterocycles. The van der Waals surface area contributed by atoms with Gasteiger partial charge in [-0.15, -0.1) is 0 Å². The maximum absolute atomic E-state index is 12.8. The standard InChI is InChI=1S/C21H21ClN4O3S/c1-12-3-6-17-15(9-12)16-11-24(2)8-7-18(16)25(17)21(30)23-20(27)14-5-4-13(22)10-19(14)26(28)29/h3-6,9-10,16,18H,7-8,11H2,1-2H3,(H,23,27,30)/t16-,18+/m0/s1. The van der Waals surface area contributed by atoms with Crippen LogP contribution in [0, 0.1) is 17.0 Å². The number of carbonyl (C=O) groups is 1. The molecule has 1 fully saturated rings.